The molecule has 7 aromatic carbocycles. The fraction of sp³-hybridized carbons (Fsp3) is 0. The van der Waals surface area contributed by atoms with Crippen molar-refractivity contribution in [2.75, 3.05) is 0 Å². The molecule has 0 aliphatic carbocycles. The maximum atomic E-state index is 6.51. The predicted octanol–water partition coefficient (Wildman–Crippen LogP) is 11.8. The van der Waals surface area contributed by atoms with E-state index in [1.165, 1.54) is 11.1 Å². The van der Waals surface area contributed by atoms with E-state index in [1.807, 2.05) is 54.6 Å². The highest BCUT2D eigenvalue weighted by molar-refractivity contribution is 6.13. The van der Waals surface area contributed by atoms with E-state index in [4.69, 9.17) is 19.4 Å². The molecule has 0 bridgehead atoms. The van der Waals surface area contributed by atoms with Crippen LogP contribution in [0.2, 0.25) is 0 Å². The molecular weight excluding hydrogens is 599 g/mol. The molecule has 9 aromatic rings. The number of fused-ring (bicyclic) bond motifs is 3. The van der Waals surface area contributed by atoms with Crippen molar-refractivity contribution in [2.45, 2.75) is 0 Å². The lowest BCUT2D eigenvalue weighted by molar-refractivity contribution is 0.669. The third-order valence-electron chi connectivity index (χ3n) is 8.93. The maximum Gasteiger partial charge on any atom is 0.164 e. The van der Waals surface area contributed by atoms with E-state index in [2.05, 4.69) is 121 Å². The van der Waals surface area contributed by atoms with Gasteiger partial charge in [-0.15, -0.1) is 0 Å². The van der Waals surface area contributed by atoms with E-state index in [0.717, 1.165) is 60.9 Å². The molecule has 0 radical (unpaired) electrons. The van der Waals surface area contributed by atoms with Crippen molar-refractivity contribution >= 4 is 21.9 Å². The molecule has 0 unspecified atom stereocenters. The van der Waals surface area contributed by atoms with Gasteiger partial charge in [-0.25, -0.2) is 15.0 Å². The topological polar surface area (TPSA) is 51.8 Å². The molecule has 4 heteroatoms. The minimum Gasteiger partial charge on any atom is -0.456 e. The number of rotatable bonds is 6. The van der Waals surface area contributed by atoms with Gasteiger partial charge in [0.1, 0.15) is 11.2 Å². The molecule has 0 N–H and O–H groups in total. The molecular formula is C45H29N3O. The van der Waals surface area contributed by atoms with Crippen LogP contribution in [-0.4, -0.2) is 15.0 Å². The first-order valence-electron chi connectivity index (χ1n) is 16.4. The molecule has 0 spiro atoms. The Labute approximate surface area is 284 Å². The van der Waals surface area contributed by atoms with E-state index in [1.54, 1.807) is 0 Å². The summed E-state index contributed by atoms with van der Waals surface area (Å²) in [7, 11) is 0. The summed E-state index contributed by atoms with van der Waals surface area (Å²) in [6.07, 6.45) is 0. The summed E-state index contributed by atoms with van der Waals surface area (Å²) in [5.41, 5.74) is 11.2. The summed E-state index contributed by atoms with van der Waals surface area (Å²) in [6.45, 7) is 0. The number of hydrogen-bond donors (Lipinski definition) is 0. The second-order valence-electron chi connectivity index (χ2n) is 12.1. The van der Waals surface area contributed by atoms with Gasteiger partial charge in [-0.3, -0.25) is 0 Å². The van der Waals surface area contributed by atoms with Crippen LogP contribution in [0.25, 0.3) is 89.5 Å². The third-order valence-corrected chi connectivity index (χ3v) is 8.93. The molecule has 4 nitrogen and oxygen atoms in total. The summed E-state index contributed by atoms with van der Waals surface area (Å²) in [5, 5.41) is 2.14. The summed E-state index contributed by atoms with van der Waals surface area (Å²) in [4.78, 5) is 15.0. The fourth-order valence-corrected chi connectivity index (χ4v) is 6.52. The van der Waals surface area contributed by atoms with Crippen LogP contribution >= 0.6 is 0 Å². The number of nitrogens with zero attached hydrogens (tertiary/aromatic N) is 3. The average Bonchev–Trinajstić information content (AvgIpc) is 3.57. The second kappa shape index (κ2) is 12.2. The van der Waals surface area contributed by atoms with Gasteiger partial charge in [0.2, 0.25) is 0 Å². The zero-order valence-electron chi connectivity index (χ0n) is 26.5. The Kier molecular flexibility index (Phi) is 7.10. The Bertz CT molecular complexity index is 2590. The molecule has 0 atom stereocenters. The summed E-state index contributed by atoms with van der Waals surface area (Å²) >= 11 is 0. The van der Waals surface area contributed by atoms with Crippen molar-refractivity contribution in [3.63, 3.8) is 0 Å². The van der Waals surface area contributed by atoms with Crippen LogP contribution in [0.1, 0.15) is 0 Å². The van der Waals surface area contributed by atoms with Crippen molar-refractivity contribution in [3.05, 3.63) is 176 Å². The summed E-state index contributed by atoms with van der Waals surface area (Å²) in [5.74, 6) is 1.83. The van der Waals surface area contributed by atoms with Crippen LogP contribution in [0.15, 0.2) is 180 Å². The van der Waals surface area contributed by atoms with E-state index < -0.39 is 0 Å². The first-order chi connectivity index (χ1) is 24.3. The fourth-order valence-electron chi connectivity index (χ4n) is 6.52. The van der Waals surface area contributed by atoms with Crippen molar-refractivity contribution < 1.29 is 4.42 Å². The molecule has 0 saturated heterocycles. The highest BCUT2D eigenvalue weighted by Crippen LogP contribution is 2.39. The van der Waals surface area contributed by atoms with Gasteiger partial charge in [-0.2, -0.15) is 0 Å². The van der Waals surface area contributed by atoms with Gasteiger partial charge >= 0.3 is 0 Å². The molecule has 230 valence electrons. The Morgan fingerprint density at radius 1 is 0.306 bits per heavy atom. The largest absolute Gasteiger partial charge is 0.456 e. The van der Waals surface area contributed by atoms with Crippen LogP contribution in [0, 0.1) is 0 Å². The van der Waals surface area contributed by atoms with Gasteiger partial charge in [0.05, 0.1) is 0 Å². The highest BCUT2D eigenvalue weighted by atomic mass is 16.3. The predicted molar refractivity (Wildman–Crippen MR) is 200 cm³/mol. The normalized spacial score (nSPS) is 11.3. The van der Waals surface area contributed by atoms with Crippen molar-refractivity contribution in [1.29, 1.82) is 0 Å². The maximum absolute atomic E-state index is 6.51. The van der Waals surface area contributed by atoms with Crippen LogP contribution in [0.4, 0.5) is 0 Å². The lowest BCUT2D eigenvalue weighted by Crippen LogP contribution is -2.00. The van der Waals surface area contributed by atoms with Gasteiger partial charge < -0.3 is 4.42 Å². The number of aromatic nitrogens is 3. The molecule has 9 rings (SSSR count). The van der Waals surface area contributed by atoms with Gasteiger partial charge in [0.15, 0.2) is 17.5 Å². The smallest absolute Gasteiger partial charge is 0.164 e. The van der Waals surface area contributed by atoms with Crippen LogP contribution < -0.4 is 0 Å². The number of benzene rings is 7. The zero-order chi connectivity index (χ0) is 32.6. The average molecular weight is 628 g/mol. The third kappa shape index (κ3) is 5.45. The summed E-state index contributed by atoms with van der Waals surface area (Å²) in [6, 6.07) is 60.5. The van der Waals surface area contributed by atoms with Gasteiger partial charge in [0.25, 0.3) is 0 Å². The Hall–Kier alpha value is -6.65. The molecule has 0 aliphatic rings. The molecule has 0 amide bonds. The van der Waals surface area contributed by atoms with Crippen LogP contribution in [0.3, 0.4) is 0 Å². The molecule has 49 heavy (non-hydrogen) atoms. The Morgan fingerprint density at radius 2 is 0.776 bits per heavy atom. The number of hydrogen-bond acceptors (Lipinski definition) is 4. The first-order valence-corrected chi connectivity index (χ1v) is 16.4. The SMILES string of the molecule is c1ccc(-c2cccc(-c3nc(-c4ccccc4)nc(-c4ccc5c(c4)oc4cccc(-c6cccc(-c7ccccc7)c6)c45)n3)c2)cc1. The standard InChI is InChI=1S/C45H29N3O/c1-4-13-30(14-5-1)33-19-10-21-35(27-33)38-23-12-24-40-42(38)39-26-25-37(29-41(39)49-40)45-47-43(32-17-8-3-9-18-32)46-44(48-45)36-22-11-20-34(28-36)31-15-6-2-7-16-31/h1-29H. The minimum absolute atomic E-state index is 0.590. The van der Waals surface area contributed by atoms with Crippen molar-refractivity contribution in [1.82, 2.24) is 15.0 Å². The summed E-state index contributed by atoms with van der Waals surface area (Å²) < 4.78 is 6.51. The Balaban J connectivity index is 1.17. The Morgan fingerprint density at radius 3 is 1.41 bits per heavy atom. The minimum atomic E-state index is 0.590. The van der Waals surface area contributed by atoms with E-state index in [9.17, 15) is 0 Å². The second-order valence-corrected chi connectivity index (χ2v) is 12.1. The van der Waals surface area contributed by atoms with Crippen molar-refractivity contribution in [2.24, 2.45) is 0 Å². The first kappa shape index (κ1) is 28.6. The highest BCUT2D eigenvalue weighted by Gasteiger charge is 2.17. The van der Waals surface area contributed by atoms with Crippen LogP contribution in [-0.2, 0) is 0 Å². The van der Waals surface area contributed by atoms with E-state index >= 15 is 0 Å². The van der Waals surface area contributed by atoms with Gasteiger partial charge in [-0.1, -0.05) is 146 Å². The molecule has 2 heterocycles. The van der Waals surface area contributed by atoms with Crippen molar-refractivity contribution in [3.8, 4) is 67.5 Å². The zero-order valence-corrected chi connectivity index (χ0v) is 26.5. The monoisotopic (exact) mass is 627 g/mol. The van der Waals surface area contributed by atoms with Gasteiger partial charge in [0, 0.05) is 27.5 Å². The number of furan rings is 1. The van der Waals surface area contributed by atoms with E-state index in [0.29, 0.717) is 17.5 Å². The molecule has 0 saturated carbocycles. The molecule has 2 aromatic heterocycles. The lowest BCUT2D eigenvalue weighted by Gasteiger charge is -2.10. The van der Waals surface area contributed by atoms with Gasteiger partial charge in [-0.05, 0) is 63.7 Å². The quantitative estimate of drug-likeness (QED) is 0.184. The molecule has 0 fully saturated rings. The van der Waals surface area contributed by atoms with E-state index in [-0.39, 0.29) is 0 Å². The lowest BCUT2D eigenvalue weighted by atomic mass is 9.96. The van der Waals surface area contributed by atoms with Crippen LogP contribution in [0.5, 0.6) is 0 Å². The molecule has 0 aliphatic heterocycles.